The highest BCUT2D eigenvalue weighted by Gasteiger charge is 2.11. The Hall–Kier alpha value is -3.67. The fourth-order valence-electron chi connectivity index (χ4n) is 3.07. The van der Waals surface area contributed by atoms with Gasteiger partial charge < -0.3 is 10.7 Å². The van der Waals surface area contributed by atoms with Crippen LogP contribution >= 0.6 is 0 Å². The number of aromatic nitrogens is 2. The molecule has 0 saturated carbocycles. The zero-order valence-corrected chi connectivity index (χ0v) is 14.5. The molecule has 2 aromatic heterocycles. The minimum Gasteiger partial charge on any atom is -0.399 e. The van der Waals surface area contributed by atoms with Crippen LogP contribution in [0.1, 0.15) is 22.5 Å². The molecule has 6 nitrogen and oxygen atoms in total. The molecule has 2 amide bonds. The lowest BCUT2D eigenvalue weighted by molar-refractivity contribution is -0.120. The van der Waals surface area contributed by atoms with Crippen LogP contribution in [0.15, 0.2) is 60.8 Å². The number of hydrogen-bond acceptors (Lipinski definition) is 4. The number of nitrogens with one attached hydrogen (secondary N) is 2. The second-order valence-corrected chi connectivity index (χ2v) is 6.39. The van der Waals surface area contributed by atoms with Crippen molar-refractivity contribution in [3.63, 3.8) is 0 Å². The van der Waals surface area contributed by atoms with Crippen LogP contribution in [0.5, 0.6) is 0 Å². The summed E-state index contributed by atoms with van der Waals surface area (Å²) in [4.78, 5) is 31.9. The van der Waals surface area contributed by atoms with Crippen LogP contribution in [0.4, 0.5) is 5.69 Å². The van der Waals surface area contributed by atoms with Gasteiger partial charge in [-0.1, -0.05) is 18.2 Å². The molecule has 0 radical (unpaired) electrons. The van der Waals surface area contributed by atoms with E-state index in [1.54, 1.807) is 30.5 Å². The number of carbonyl (C=O) groups is 2. The van der Waals surface area contributed by atoms with E-state index in [9.17, 15) is 9.59 Å². The van der Waals surface area contributed by atoms with Gasteiger partial charge in [0.05, 0.1) is 11.7 Å². The highest BCUT2D eigenvalue weighted by molar-refractivity contribution is 6.07. The van der Waals surface area contributed by atoms with Crippen molar-refractivity contribution in [2.24, 2.45) is 0 Å². The lowest BCUT2D eigenvalue weighted by Crippen LogP contribution is -2.30. The molecule has 0 fully saturated rings. The average molecular weight is 358 g/mol. The molecule has 134 valence electrons. The number of nitrogens with two attached hydrogens (primary N) is 1. The van der Waals surface area contributed by atoms with Crippen molar-refractivity contribution >= 4 is 39.3 Å². The molecule has 2 aromatic carbocycles. The number of anilines is 1. The number of aromatic amines is 1. The molecule has 0 aliphatic carbocycles. The summed E-state index contributed by atoms with van der Waals surface area (Å²) in [6, 6.07) is 16.5. The summed E-state index contributed by atoms with van der Waals surface area (Å²) in [5.41, 5.74) is 9.39. The van der Waals surface area contributed by atoms with Gasteiger partial charge in [-0.3, -0.25) is 19.9 Å². The lowest BCUT2D eigenvalue weighted by Gasteiger charge is -2.05. The molecule has 4 rings (SSSR count). The second kappa shape index (κ2) is 6.92. The molecule has 6 heteroatoms. The maximum Gasteiger partial charge on any atom is 0.257 e. The first-order valence-electron chi connectivity index (χ1n) is 8.65. The van der Waals surface area contributed by atoms with Crippen molar-refractivity contribution in [3.05, 3.63) is 72.1 Å². The van der Waals surface area contributed by atoms with E-state index in [1.807, 2.05) is 24.3 Å². The average Bonchev–Trinajstić information content (AvgIpc) is 3.05. The van der Waals surface area contributed by atoms with Crippen LogP contribution in [0, 0.1) is 0 Å². The molecule has 0 atom stereocenters. The quantitative estimate of drug-likeness (QED) is 0.488. The van der Waals surface area contributed by atoms with Gasteiger partial charge >= 0.3 is 0 Å². The van der Waals surface area contributed by atoms with Crippen molar-refractivity contribution in [1.82, 2.24) is 15.3 Å². The molecule has 0 spiro atoms. The first-order valence-corrected chi connectivity index (χ1v) is 8.65. The number of pyridine rings is 1. The standard InChI is InChI=1S/C21H18N4O2/c22-14-7-5-13(6-8-14)21(27)25-20(26)10-9-15-11-17-16-3-1-2-4-18(16)24-19(17)12-23-15/h1-8,11-12,24H,9-10,22H2,(H,25,26,27). The molecule has 0 saturated heterocycles. The van der Waals surface area contributed by atoms with Crippen LogP contribution in [-0.4, -0.2) is 21.8 Å². The molecule has 0 aliphatic rings. The zero-order valence-electron chi connectivity index (χ0n) is 14.5. The van der Waals surface area contributed by atoms with Crippen LogP contribution in [0.3, 0.4) is 0 Å². The zero-order chi connectivity index (χ0) is 18.8. The van der Waals surface area contributed by atoms with Crippen LogP contribution in [-0.2, 0) is 11.2 Å². The number of carbonyl (C=O) groups excluding carboxylic acids is 2. The SMILES string of the molecule is Nc1ccc(C(=O)NC(=O)CCc2cc3c(cn2)[nH]c2ccccc23)cc1. The first-order chi connectivity index (χ1) is 13.1. The number of aryl methyl sites for hydroxylation is 1. The van der Waals surface area contributed by atoms with Crippen molar-refractivity contribution in [2.45, 2.75) is 12.8 Å². The van der Waals surface area contributed by atoms with Crippen LogP contribution in [0.25, 0.3) is 21.8 Å². The van der Waals surface area contributed by atoms with Gasteiger partial charge in [0, 0.05) is 39.7 Å². The number of imide groups is 1. The molecule has 4 N–H and O–H groups in total. The Labute approximate surface area is 155 Å². The summed E-state index contributed by atoms with van der Waals surface area (Å²) in [6.07, 6.45) is 2.42. The molecule has 27 heavy (non-hydrogen) atoms. The summed E-state index contributed by atoms with van der Waals surface area (Å²) in [6.45, 7) is 0. The fourth-order valence-corrected chi connectivity index (χ4v) is 3.07. The summed E-state index contributed by atoms with van der Waals surface area (Å²) in [5, 5.41) is 4.60. The van der Waals surface area contributed by atoms with Crippen molar-refractivity contribution < 1.29 is 9.59 Å². The topological polar surface area (TPSA) is 101 Å². The van der Waals surface area contributed by atoms with Crippen LogP contribution < -0.4 is 11.1 Å². The Kier molecular flexibility index (Phi) is 4.30. The third-order valence-electron chi connectivity index (χ3n) is 4.48. The molecule has 4 aromatic rings. The van der Waals surface area contributed by atoms with Crippen LogP contribution in [0.2, 0.25) is 0 Å². The smallest absolute Gasteiger partial charge is 0.257 e. The number of nitrogen functional groups attached to an aromatic ring is 1. The van der Waals surface area contributed by atoms with E-state index in [4.69, 9.17) is 5.73 Å². The minimum atomic E-state index is -0.431. The summed E-state index contributed by atoms with van der Waals surface area (Å²) < 4.78 is 0. The molecule has 2 heterocycles. The van der Waals surface area contributed by atoms with Gasteiger partial charge in [-0.15, -0.1) is 0 Å². The Morgan fingerprint density at radius 3 is 2.59 bits per heavy atom. The van der Waals surface area contributed by atoms with Crippen molar-refractivity contribution in [3.8, 4) is 0 Å². The largest absolute Gasteiger partial charge is 0.399 e. The van der Waals surface area contributed by atoms with E-state index < -0.39 is 5.91 Å². The number of amides is 2. The normalized spacial score (nSPS) is 11.0. The maximum absolute atomic E-state index is 12.1. The van der Waals surface area contributed by atoms with Crippen molar-refractivity contribution in [2.75, 3.05) is 5.73 Å². The first kappa shape index (κ1) is 16.8. The van der Waals surface area contributed by atoms with Gasteiger partial charge in [0.25, 0.3) is 5.91 Å². The van der Waals surface area contributed by atoms with E-state index in [0.717, 1.165) is 27.5 Å². The van der Waals surface area contributed by atoms with E-state index in [2.05, 4.69) is 21.4 Å². The number of rotatable bonds is 4. The number of hydrogen-bond donors (Lipinski definition) is 3. The Morgan fingerprint density at radius 1 is 1.00 bits per heavy atom. The number of nitrogens with zero attached hydrogens (tertiary/aromatic N) is 1. The summed E-state index contributed by atoms with van der Waals surface area (Å²) in [7, 11) is 0. The lowest BCUT2D eigenvalue weighted by atomic mass is 10.1. The van der Waals surface area contributed by atoms with E-state index in [-0.39, 0.29) is 12.3 Å². The number of para-hydroxylation sites is 1. The van der Waals surface area contributed by atoms with Gasteiger partial charge in [-0.05, 0) is 42.8 Å². The summed E-state index contributed by atoms with van der Waals surface area (Å²) >= 11 is 0. The monoisotopic (exact) mass is 358 g/mol. The van der Waals surface area contributed by atoms with Gasteiger partial charge in [-0.25, -0.2) is 0 Å². The fraction of sp³-hybridized carbons (Fsp3) is 0.0952. The van der Waals surface area contributed by atoms with Gasteiger partial charge in [0.2, 0.25) is 5.91 Å². The Bertz CT molecular complexity index is 1150. The predicted molar refractivity (Wildman–Crippen MR) is 105 cm³/mol. The van der Waals surface area contributed by atoms with E-state index in [0.29, 0.717) is 17.7 Å². The Balaban J connectivity index is 1.43. The molecule has 0 bridgehead atoms. The second-order valence-electron chi connectivity index (χ2n) is 6.39. The molecule has 0 aliphatic heterocycles. The Morgan fingerprint density at radius 2 is 1.78 bits per heavy atom. The molecular formula is C21H18N4O2. The highest BCUT2D eigenvalue weighted by atomic mass is 16.2. The highest BCUT2D eigenvalue weighted by Crippen LogP contribution is 2.25. The summed E-state index contributed by atoms with van der Waals surface area (Å²) in [5.74, 6) is -0.766. The molecule has 0 unspecified atom stereocenters. The predicted octanol–water partition coefficient (Wildman–Crippen LogP) is 3.19. The van der Waals surface area contributed by atoms with Gasteiger partial charge in [0.1, 0.15) is 0 Å². The number of fused-ring (bicyclic) bond motifs is 3. The third kappa shape index (κ3) is 3.50. The molecular weight excluding hydrogens is 340 g/mol. The van der Waals surface area contributed by atoms with Crippen molar-refractivity contribution in [1.29, 1.82) is 0 Å². The van der Waals surface area contributed by atoms with Gasteiger partial charge in [0.15, 0.2) is 0 Å². The van der Waals surface area contributed by atoms with E-state index >= 15 is 0 Å². The van der Waals surface area contributed by atoms with E-state index in [1.165, 1.54) is 0 Å². The minimum absolute atomic E-state index is 0.182. The van der Waals surface area contributed by atoms with Gasteiger partial charge in [-0.2, -0.15) is 0 Å². The third-order valence-corrected chi connectivity index (χ3v) is 4.48. The number of benzene rings is 2. The number of H-pyrrole nitrogens is 1. The maximum atomic E-state index is 12.1.